The molecule has 84 valence electrons. The third-order valence-corrected chi connectivity index (χ3v) is 2.49. The van der Waals surface area contributed by atoms with Gasteiger partial charge in [0.25, 0.3) is 5.91 Å². The standard InChI is InChI=1S/C11H18N2O2/c1-8(2)9(7-14)12-11(15)10-5-4-6-13(10)3/h4-6,8-9,14H,7H2,1-3H3,(H,12,15). The number of hydrogen-bond donors (Lipinski definition) is 2. The van der Waals surface area contributed by atoms with Crippen molar-refractivity contribution in [1.82, 2.24) is 9.88 Å². The Kier molecular flexibility index (Phi) is 3.91. The molecule has 0 aliphatic carbocycles. The summed E-state index contributed by atoms with van der Waals surface area (Å²) in [5.74, 6) is 0.0782. The molecule has 2 N–H and O–H groups in total. The Hall–Kier alpha value is -1.29. The van der Waals surface area contributed by atoms with Crippen molar-refractivity contribution in [1.29, 1.82) is 0 Å². The SMILES string of the molecule is CC(C)C(CO)NC(=O)c1cccn1C. The fourth-order valence-electron chi connectivity index (χ4n) is 1.36. The Morgan fingerprint density at radius 2 is 2.27 bits per heavy atom. The number of carbonyl (C=O) groups excluding carboxylic acids is 1. The van der Waals surface area contributed by atoms with Crippen molar-refractivity contribution in [2.45, 2.75) is 19.9 Å². The Morgan fingerprint density at radius 3 is 2.67 bits per heavy atom. The van der Waals surface area contributed by atoms with Crippen molar-refractivity contribution in [3.8, 4) is 0 Å². The van der Waals surface area contributed by atoms with Crippen LogP contribution in [0.25, 0.3) is 0 Å². The lowest BCUT2D eigenvalue weighted by Crippen LogP contribution is -2.41. The summed E-state index contributed by atoms with van der Waals surface area (Å²) in [5.41, 5.74) is 0.606. The van der Waals surface area contributed by atoms with Crippen molar-refractivity contribution >= 4 is 5.91 Å². The van der Waals surface area contributed by atoms with E-state index in [4.69, 9.17) is 5.11 Å². The quantitative estimate of drug-likeness (QED) is 0.771. The van der Waals surface area contributed by atoms with Gasteiger partial charge in [-0.15, -0.1) is 0 Å². The van der Waals surface area contributed by atoms with Crippen LogP contribution in [-0.2, 0) is 7.05 Å². The Bertz CT molecular complexity index is 331. The van der Waals surface area contributed by atoms with Crippen molar-refractivity contribution < 1.29 is 9.90 Å². The van der Waals surface area contributed by atoms with Crippen LogP contribution in [0, 0.1) is 5.92 Å². The van der Waals surface area contributed by atoms with Crippen LogP contribution in [0.15, 0.2) is 18.3 Å². The molecule has 0 aliphatic rings. The van der Waals surface area contributed by atoms with Gasteiger partial charge in [0, 0.05) is 13.2 Å². The topological polar surface area (TPSA) is 54.3 Å². The summed E-state index contributed by atoms with van der Waals surface area (Å²) in [4.78, 5) is 11.8. The molecule has 0 aliphatic heterocycles. The van der Waals surface area contributed by atoms with Crippen LogP contribution in [0.2, 0.25) is 0 Å². The molecular formula is C11H18N2O2. The molecule has 0 bridgehead atoms. The minimum Gasteiger partial charge on any atom is -0.394 e. The molecular weight excluding hydrogens is 192 g/mol. The van der Waals surface area contributed by atoms with Gasteiger partial charge in [-0.25, -0.2) is 0 Å². The van der Waals surface area contributed by atoms with Gasteiger partial charge in [0.05, 0.1) is 12.6 Å². The van der Waals surface area contributed by atoms with Crippen molar-refractivity contribution in [3.63, 3.8) is 0 Å². The van der Waals surface area contributed by atoms with Crippen molar-refractivity contribution in [2.24, 2.45) is 13.0 Å². The number of aromatic nitrogens is 1. The third kappa shape index (κ3) is 2.83. The van der Waals surface area contributed by atoms with E-state index in [0.717, 1.165) is 0 Å². The molecule has 1 aromatic heterocycles. The summed E-state index contributed by atoms with van der Waals surface area (Å²) in [6, 6.07) is 3.38. The fraction of sp³-hybridized carbons (Fsp3) is 0.545. The van der Waals surface area contributed by atoms with Crippen LogP contribution in [0.1, 0.15) is 24.3 Å². The zero-order valence-electron chi connectivity index (χ0n) is 9.40. The van der Waals surface area contributed by atoms with Crippen LogP contribution in [0.3, 0.4) is 0 Å². The summed E-state index contributed by atoms with van der Waals surface area (Å²) >= 11 is 0. The molecule has 0 saturated heterocycles. The number of amides is 1. The molecule has 0 saturated carbocycles. The smallest absolute Gasteiger partial charge is 0.268 e. The molecule has 4 nitrogen and oxygen atoms in total. The maximum Gasteiger partial charge on any atom is 0.268 e. The number of aliphatic hydroxyl groups excluding tert-OH is 1. The minimum atomic E-state index is -0.188. The van der Waals surface area contributed by atoms with E-state index in [1.54, 1.807) is 10.6 Å². The highest BCUT2D eigenvalue weighted by atomic mass is 16.3. The summed E-state index contributed by atoms with van der Waals surface area (Å²) in [6.45, 7) is 3.89. The molecule has 0 fully saturated rings. The van der Waals surface area contributed by atoms with Gasteiger partial charge in [0.1, 0.15) is 5.69 Å². The number of carbonyl (C=O) groups is 1. The second-order valence-corrected chi connectivity index (χ2v) is 4.01. The van der Waals surface area contributed by atoms with Crippen LogP contribution < -0.4 is 5.32 Å². The molecule has 1 aromatic rings. The van der Waals surface area contributed by atoms with Crippen molar-refractivity contribution in [2.75, 3.05) is 6.61 Å². The lowest BCUT2D eigenvalue weighted by Gasteiger charge is -2.19. The molecule has 1 amide bonds. The molecule has 0 aromatic carbocycles. The second-order valence-electron chi connectivity index (χ2n) is 4.01. The highest BCUT2D eigenvalue weighted by Crippen LogP contribution is 2.04. The highest BCUT2D eigenvalue weighted by Gasteiger charge is 2.17. The number of aliphatic hydroxyl groups is 1. The van der Waals surface area contributed by atoms with E-state index in [-0.39, 0.29) is 24.5 Å². The molecule has 0 spiro atoms. The number of rotatable bonds is 4. The van der Waals surface area contributed by atoms with Crippen LogP contribution in [0.5, 0.6) is 0 Å². The van der Waals surface area contributed by atoms with Gasteiger partial charge in [-0.05, 0) is 18.1 Å². The first kappa shape index (κ1) is 11.8. The first-order valence-electron chi connectivity index (χ1n) is 5.09. The van der Waals surface area contributed by atoms with Crippen LogP contribution in [0.4, 0.5) is 0 Å². The van der Waals surface area contributed by atoms with Gasteiger partial charge >= 0.3 is 0 Å². The normalized spacial score (nSPS) is 12.9. The average molecular weight is 210 g/mol. The van der Waals surface area contributed by atoms with E-state index in [0.29, 0.717) is 5.69 Å². The van der Waals surface area contributed by atoms with Gasteiger partial charge in [-0.3, -0.25) is 4.79 Å². The molecule has 1 unspecified atom stereocenters. The van der Waals surface area contributed by atoms with Crippen molar-refractivity contribution in [3.05, 3.63) is 24.0 Å². The van der Waals surface area contributed by atoms with E-state index < -0.39 is 0 Å². The lowest BCUT2D eigenvalue weighted by molar-refractivity contribution is 0.0888. The summed E-state index contributed by atoms with van der Waals surface area (Å²) in [7, 11) is 1.82. The zero-order valence-corrected chi connectivity index (χ0v) is 9.40. The number of nitrogens with one attached hydrogen (secondary N) is 1. The average Bonchev–Trinajstić information content (AvgIpc) is 2.60. The van der Waals surface area contributed by atoms with Gasteiger partial charge in [0.15, 0.2) is 0 Å². The maximum atomic E-state index is 11.8. The Morgan fingerprint density at radius 1 is 1.60 bits per heavy atom. The summed E-state index contributed by atoms with van der Waals surface area (Å²) in [6.07, 6.45) is 1.82. The third-order valence-electron chi connectivity index (χ3n) is 2.49. The van der Waals surface area contributed by atoms with Gasteiger partial charge < -0.3 is 15.0 Å². The van der Waals surface area contributed by atoms with Crippen LogP contribution >= 0.6 is 0 Å². The highest BCUT2D eigenvalue weighted by molar-refractivity contribution is 5.92. The minimum absolute atomic E-state index is 0.0339. The van der Waals surface area contributed by atoms with E-state index in [9.17, 15) is 4.79 Å². The fourth-order valence-corrected chi connectivity index (χ4v) is 1.36. The van der Waals surface area contributed by atoms with Crippen LogP contribution in [-0.4, -0.2) is 28.2 Å². The van der Waals surface area contributed by atoms with E-state index in [1.807, 2.05) is 33.2 Å². The van der Waals surface area contributed by atoms with Gasteiger partial charge in [-0.1, -0.05) is 13.8 Å². The Balaban J connectivity index is 2.67. The Labute approximate surface area is 89.9 Å². The molecule has 4 heteroatoms. The molecule has 1 atom stereocenters. The largest absolute Gasteiger partial charge is 0.394 e. The zero-order chi connectivity index (χ0) is 11.4. The number of aryl methyl sites for hydroxylation is 1. The van der Waals surface area contributed by atoms with Gasteiger partial charge in [-0.2, -0.15) is 0 Å². The number of nitrogens with zero attached hydrogens (tertiary/aromatic N) is 1. The van der Waals surface area contributed by atoms with E-state index >= 15 is 0 Å². The predicted molar refractivity (Wildman–Crippen MR) is 58.6 cm³/mol. The lowest BCUT2D eigenvalue weighted by atomic mass is 10.1. The molecule has 1 heterocycles. The van der Waals surface area contributed by atoms with E-state index in [1.165, 1.54) is 0 Å². The summed E-state index contributed by atoms with van der Waals surface area (Å²) < 4.78 is 1.75. The number of hydrogen-bond acceptors (Lipinski definition) is 2. The molecule has 1 rings (SSSR count). The van der Waals surface area contributed by atoms with Gasteiger partial charge in [0.2, 0.25) is 0 Å². The maximum absolute atomic E-state index is 11.8. The second kappa shape index (κ2) is 4.98. The monoisotopic (exact) mass is 210 g/mol. The summed E-state index contributed by atoms with van der Waals surface area (Å²) in [5, 5.41) is 11.9. The first-order valence-corrected chi connectivity index (χ1v) is 5.09. The first-order chi connectivity index (χ1) is 7.06. The molecule has 0 radical (unpaired) electrons. The van der Waals surface area contributed by atoms with E-state index in [2.05, 4.69) is 5.32 Å². The predicted octanol–water partition coefficient (Wildman–Crippen LogP) is 0.772. The molecule has 15 heavy (non-hydrogen) atoms.